The Balaban J connectivity index is 1.96. The highest BCUT2D eigenvalue weighted by Gasteiger charge is 2.21. The van der Waals surface area contributed by atoms with Crippen LogP contribution < -0.4 is 15.2 Å². The van der Waals surface area contributed by atoms with Crippen LogP contribution in [0.5, 0.6) is 11.5 Å². The van der Waals surface area contributed by atoms with Gasteiger partial charge in [-0.3, -0.25) is 0 Å². The van der Waals surface area contributed by atoms with Crippen molar-refractivity contribution in [1.29, 1.82) is 0 Å². The van der Waals surface area contributed by atoms with Crippen LogP contribution in [0.4, 0.5) is 0 Å². The van der Waals surface area contributed by atoms with Gasteiger partial charge in [-0.25, -0.2) is 4.98 Å². The van der Waals surface area contributed by atoms with Crippen LogP contribution >= 0.6 is 0 Å². The molecule has 2 N–H and O–H groups in total. The summed E-state index contributed by atoms with van der Waals surface area (Å²) in [5, 5.41) is 0. The molecule has 1 aromatic heterocycles. The lowest BCUT2D eigenvalue weighted by Gasteiger charge is -2.19. The van der Waals surface area contributed by atoms with Gasteiger partial charge >= 0.3 is 0 Å². The topological polar surface area (TPSA) is 62.3 Å². The number of ether oxygens (including phenoxy) is 2. The zero-order valence-corrected chi connectivity index (χ0v) is 14.0. The SMILES string of the molecule is Cc1ccc(-c2nc3cc4c(cc3n2C(C)CN)OCCO4)cc1. The molecule has 0 spiro atoms. The first-order chi connectivity index (χ1) is 11.7. The molecule has 1 aliphatic heterocycles. The van der Waals surface area contributed by atoms with Gasteiger partial charge in [0.15, 0.2) is 11.5 Å². The molecular formula is C19H21N3O2. The molecular weight excluding hydrogens is 302 g/mol. The second-order valence-corrected chi connectivity index (χ2v) is 6.24. The van der Waals surface area contributed by atoms with Gasteiger partial charge in [0.25, 0.3) is 0 Å². The van der Waals surface area contributed by atoms with Gasteiger partial charge in [-0.05, 0) is 13.8 Å². The number of rotatable bonds is 3. The Kier molecular flexibility index (Phi) is 3.65. The Bertz CT molecular complexity index is 884. The van der Waals surface area contributed by atoms with Gasteiger partial charge < -0.3 is 19.8 Å². The molecule has 3 aromatic rings. The maximum Gasteiger partial charge on any atom is 0.163 e. The highest BCUT2D eigenvalue weighted by Crippen LogP contribution is 2.37. The van der Waals surface area contributed by atoms with E-state index in [-0.39, 0.29) is 6.04 Å². The molecule has 1 unspecified atom stereocenters. The van der Waals surface area contributed by atoms with Gasteiger partial charge in [0.1, 0.15) is 19.0 Å². The van der Waals surface area contributed by atoms with Crippen molar-refractivity contribution in [2.75, 3.05) is 19.8 Å². The lowest BCUT2D eigenvalue weighted by atomic mass is 10.1. The van der Waals surface area contributed by atoms with Gasteiger partial charge in [-0.1, -0.05) is 29.8 Å². The summed E-state index contributed by atoms with van der Waals surface area (Å²) < 4.78 is 13.6. The first kappa shape index (κ1) is 15.0. The molecule has 0 saturated heterocycles. The molecule has 1 atom stereocenters. The summed E-state index contributed by atoms with van der Waals surface area (Å²) in [4.78, 5) is 4.86. The molecule has 1 aliphatic rings. The first-order valence-corrected chi connectivity index (χ1v) is 8.26. The average molecular weight is 323 g/mol. The zero-order chi connectivity index (χ0) is 16.7. The van der Waals surface area contributed by atoms with E-state index in [1.807, 2.05) is 12.1 Å². The fraction of sp³-hybridized carbons (Fsp3) is 0.316. The van der Waals surface area contributed by atoms with Crippen molar-refractivity contribution in [2.45, 2.75) is 19.9 Å². The smallest absolute Gasteiger partial charge is 0.163 e. The van der Waals surface area contributed by atoms with Crippen LogP contribution in [0.1, 0.15) is 18.5 Å². The van der Waals surface area contributed by atoms with Gasteiger partial charge in [0, 0.05) is 30.3 Å². The van der Waals surface area contributed by atoms with Crippen molar-refractivity contribution in [3.05, 3.63) is 42.0 Å². The molecule has 0 aliphatic carbocycles. The van der Waals surface area contributed by atoms with Crippen molar-refractivity contribution < 1.29 is 9.47 Å². The molecule has 124 valence electrons. The predicted molar refractivity (Wildman–Crippen MR) is 94.7 cm³/mol. The molecule has 4 rings (SSSR count). The quantitative estimate of drug-likeness (QED) is 0.803. The first-order valence-electron chi connectivity index (χ1n) is 8.26. The van der Waals surface area contributed by atoms with Crippen molar-refractivity contribution in [3.63, 3.8) is 0 Å². The van der Waals surface area contributed by atoms with Crippen LogP contribution in [-0.4, -0.2) is 29.3 Å². The monoisotopic (exact) mass is 323 g/mol. The van der Waals surface area contributed by atoms with Crippen molar-refractivity contribution in [3.8, 4) is 22.9 Å². The molecule has 5 heteroatoms. The van der Waals surface area contributed by atoms with Gasteiger partial charge in [-0.2, -0.15) is 0 Å². The highest BCUT2D eigenvalue weighted by molar-refractivity contribution is 5.84. The van der Waals surface area contributed by atoms with E-state index in [4.69, 9.17) is 20.2 Å². The van der Waals surface area contributed by atoms with Crippen LogP contribution in [0.2, 0.25) is 0 Å². The summed E-state index contributed by atoms with van der Waals surface area (Å²) >= 11 is 0. The summed E-state index contributed by atoms with van der Waals surface area (Å²) in [7, 11) is 0. The van der Waals surface area contributed by atoms with Gasteiger partial charge in [0.2, 0.25) is 0 Å². The molecule has 0 saturated carbocycles. The average Bonchev–Trinajstić information content (AvgIpc) is 2.98. The Morgan fingerprint density at radius 1 is 1.12 bits per heavy atom. The lowest BCUT2D eigenvalue weighted by Crippen LogP contribution is -2.17. The number of imidazole rings is 1. The number of nitrogens with zero attached hydrogens (tertiary/aromatic N) is 2. The molecule has 0 amide bonds. The molecule has 2 heterocycles. The lowest BCUT2D eigenvalue weighted by molar-refractivity contribution is 0.172. The molecule has 5 nitrogen and oxygen atoms in total. The fourth-order valence-electron chi connectivity index (χ4n) is 3.09. The second kappa shape index (κ2) is 5.83. The molecule has 24 heavy (non-hydrogen) atoms. The number of nitrogens with two attached hydrogens (primary N) is 1. The third kappa shape index (κ3) is 2.41. The van der Waals surface area contributed by atoms with Crippen LogP contribution in [0, 0.1) is 6.92 Å². The van der Waals surface area contributed by atoms with E-state index in [1.165, 1.54) is 5.56 Å². The summed E-state index contributed by atoms with van der Waals surface area (Å²) in [6.45, 7) is 5.87. The van der Waals surface area contributed by atoms with Crippen LogP contribution in [0.25, 0.3) is 22.4 Å². The van der Waals surface area contributed by atoms with E-state index in [9.17, 15) is 0 Å². The van der Waals surface area contributed by atoms with Gasteiger partial charge in [-0.15, -0.1) is 0 Å². The van der Waals surface area contributed by atoms with Crippen molar-refractivity contribution in [2.24, 2.45) is 5.73 Å². The van der Waals surface area contributed by atoms with Crippen LogP contribution in [0.15, 0.2) is 36.4 Å². The Morgan fingerprint density at radius 3 is 2.46 bits per heavy atom. The summed E-state index contributed by atoms with van der Waals surface area (Å²) in [5.41, 5.74) is 10.2. The normalized spacial score (nSPS) is 14.8. The minimum absolute atomic E-state index is 0.133. The maximum absolute atomic E-state index is 5.96. The number of hydrogen-bond acceptors (Lipinski definition) is 4. The Hall–Kier alpha value is -2.53. The predicted octanol–water partition coefficient (Wildman–Crippen LogP) is 3.30. The molecule has 0 fully saturated rings. The number of hydrogen-bond donors (Lipinski definition) is 1. The van der Waals surface area contributed by atoms with E-state index >= 15 is 0 Å². The number of aromatic nitrogens is 2. The van der Waals surface area contributed by atoms with Gasteiger partial charge in [0.05, 0.1) is 11.0 Å². The Labute approximate surface area is 141 Å². The van der Waals surface area contributed by atoms with Crippen LogP contribution in [-0.2, 0) is 0 Å². The van der Waals surface area contributed by atoms with E-state index in [2.05, 4.69) is 42.7 Å². The fourth-order valence-corrected chi connectivity index (χ4v) is 3.09. The van der Waals surface area contributed by atoms with E-state index < -0.39 is 0 Å². The number of benzene rings is 2. The molecule has 0 radical (unpaired) electrons. The third-order valence-electron chi connectivity index (χ3n) is 4.45. The minimum atomic E-state index is 0.133. The summed E-state index contributed by atoms with van der Waals surface area (Å²) in [5.74, 6) is 2.45. The summed E-state index contributed by atoms with van der Waals surface area (Å²) in [6, 6.07) is 12.5. The molecule has 2 aromatic carbocycles. The zero-order valence-electron chi connectivity index (χ0n) is 14.0. The molecule has 0 bridgehead atoms. The van der Waals surface area contributed by atoms with Crippen molar-refractivity contribution in [1.82, 2.24) is 9.55 Å². The largest absolute Gasteiger partial charge is 0.486 e. The van der Waals surface area contributed by atoms with Crippen LogP contribution in [0.3, 0.4) is 0 Å². The standard InChI is InChI=1S/C19H21N3O2/c1-12-3-5-14(6-4-12)19-21-15-9-17-18(24-8-7-23-17)10-16(15)22(19)13(2)11-20/h3-6,9-10,13H,7-8,11,20H2,1-2H3. The maximum atomic E-state index is 5.96. The second-order valence-electron chi connectivity index (χ2n) is 6.24. The number of fused-ring (bicyclic) bond motifs is 2. The highest BCUT2D eigenvalue weighted by atomic mass is 16.6. The summed E-state index contributed by atoms with van der Waals surface area (Å²) in [6.07, 6.45) is 0. The Morgan fingerprint density at radius 2 is 1.79 bits per heavy atom. The number of aryl methyl sites for hydroxylation is 1. The van der Waals surface area contributed by atoms with Crippen molar-refractivity contribution >= 4 is 11.0 Å². The van der Waals surface area contributed by atoms with E-state index in [0.717, 1.165) is 33.9 Å². The van der Waals surface area contributed by atoms with E-state index in [0.29, 0.717) is 19.8 Å². The third-order valence-corrected chi connectivity index (χ3v) is 4.45. The minimum Gasteiger partial charge on any atom is -0.486 e. The van der Waals surface area contributed by atoms with E-state index in [1.54, 1.807) is 0 Å².